The van der Waals surface area contributed by atoms with Crippen molar-refractivity contribution in [2.75, 3.05) is 18.4 Å². The number of amides is 1. The summed E-state index contributed by atoms with van der Waals surface area (Å²) in [5, 5.41) is 4.25. The van der Waals surface area contributed by atoms with Gasteiger partial charge in [-0.25, -0.2) is 4.98 Å². The first kappa shape index (κ1) is 19.5. The Morgan fingerprint density at radius 1 is 1.16 bits per heavy atom. The van der Waals surface area contributed by atoms with Crippen LogP contribution >= 0.6 is 11.3 Å². The molecule has 1 aliphatic carbocycles. The highest BCUT2D eigenvalue weighted by atomic mass is 32.1. The number of para-hydroxylation sites is 2. The summed E-state index contributed by atoms with van der Waals surface area (Å²) >= 11 is 1.60. The molecule has 2 aromatic heterocycles. The predicted molar refractivity (Wildman–Crippen MR) is 126 cm³/mol. The van der Waals surface area contributed by atoms with E-state index in [0.29, 0.717) is 30.1 Å². The van der Waals surface area contributed by atoms with Crippen LogP contribution in [0.4, 0.5) is 6.01 Å². The molecule has 3 atom stereocenters. The largest absolute Gasteiger partial charge is 0.424 e. The van der Waals surface area contributed by atoms with Gasteiger partial charge in [-0.15, -0.1) is 11.3 Å². The number of aromatic nitrogens is 2. The molecule has 1 aliphatic heterocycles. The molecule has 2 aromatic carbocycles. The van der Waals surface area contributed by atoms with Crippen LogP contribution in [0.15, 0.2) is 52.9 Å². The molecule has 7 heteroatoms. The van der Waals surface area contributed by atoms with E-state index in [4.69, 9.17) is 4.42 Å². The number of carbonyl (C=O) groups is 1. The van der Waals surface area contributed by atoms with Crippen molar-refractivity contribution in [3.8, 4) is 10.4 Å². The zero-order chi connectivity index (χ0) is 21.8. The maximum atomic E-state index is 13.7. The number of aryl methyl sites for hydroxylation is 2. The molecule has 1 amide bonds. The number of benzene rings is 2. The number of hydrogen-bond acceptors (Lipinski definition) is 6. The highest BCUT2D eigenvalue weighted by Crippen LogP contribution is 2.50. The standard InChI is InChI=1S/C25H24N4O2S/c1-14-7-3-4-8-17(14)23-22(27-15(2)32-23)24(30)29-13-16-11-18(16)20(29)12-26-25-28-19-9-5-6-10-21(19)31-25/h3-10,16,18,20H,11-13H2,1-2H3,(H,26,28)/t16-,18-,20-/m1/s1. The SMILES string of the molecule is Cc1nc(C(=O)N2C[C@H]3C[C@H]3[C@H]2CNc2nc3ccccc3o2)c(-c2ccccc2C)s1. The van der Waals surface area contributed by atoms with Crippen molar-refractivity contribution >= 4 is 34.4 Å². The highest BCUT2D eigenvalue weighted by molar-refractivity contribution is 7.15. The van der Waals surface area contributed by atoms with Crippen LogP contribution in [0.25, 0.3) is 21.5 Å². The first-order chi connectivity index (χ1) is 15.6. The lowest BCUT2D eigenvalue weighted by atomic mass is 10.1. The molecule has 162 valence electrons. The highest BCUT2D eigenvalue weighted by Gasteiger charge is 2.54. The number of nitrogens with one attached hydrogen (secondary N) is 1. The lowest BCUT2D eigenvalue weighted by Crippen LogP contribution is -2.42. The molecule has 2 fully saturated rings. The van der Waals surface area contributed by atoms with Gasteiger partial charge >= 0.3 is 0 Å². The first-order valence-corrected chi connectivity index (χ1v) is 11.8. The Morgan fingerprint density at radius 3 is 2.81 bits per heavy atom. The summed E-state index contributed by atoms with van der Waals surface area (Å²) < 4.78 is 5.81. The van der Waals surface area contributed by atoms with E-state index < -0.39 is 0 Å². The van der Waals surface area contributed by atoms with E-state index in [9.17, 15) is 4.79 Å². The molecule has 0 radical (unpaired) electrons. The van der Waals surface area contributed by atoms with Gasteiger partial charge < -0.3 is 14.6 Å². The zero-order valence-electron chi connectivity index (χ0n) is 18.0. The molecule has 1 saturated heterocycles. The zero-order valence-corrected chi connectivity index (χ0v) is 18.9. The van der Waals surface area contributed by atoms with Crippen LogP contribution in [0.5, 0.6) is 0 Å². The van der Waals surface area contributed by atoms with Crippen LogP contribution < -0.4 is 5.32 Å². The Bertz CT molecular complexity index is 1290. The molecule has 1 saturated carbocycles. The summed E-state index contributed by atoms with van der Waals surface area (Å²) in [4.78, 5) is 25.9. The molecule has 6 rings (SSSR count). The lowest BCUT2D eigenvalue weighted by molar-refractivity contribution is 0.0710. The molecular weight excluding hydrogens is 420 g/mol. The van der Waals surface area contributed by atoms with Gasteiger partial charge in [0.25, 0.3) is 11.9 Å². The number of piperidine rings is 1. The van der Waals surface area contributed by atoms with Gasteiger partial charge in [-0.1, -0.05) is 36.4 Å². The number of thiazole rings is 1. The van der Waals surface area contributed by atoms with Gasteiger partial charge in [0.05, 0.1) is 15.9 Å². The molecule has 1 N–H and O–H groups in total. The third-order valence-corrected chi connectivity index (χ3v) is 7.65. The molecule has 2 aliphatic rings. The van der Waals surface area contributed by atoms with Crippen molar-refractivity contribution in [1.82, 2.24) is 14.9 Å². The van der Waals surface area contributed by atoms with E-state index >= 15 is 0 Å². The summed E-state index contributed by atoms with van der Waals surface area (Å²) in [6.45, 7) is 5.48. The van der Waals surface area contributed by atoms with Crippen LogP contribution in [0, 0.1) is 25.7 Å². The number of likely N-dealkylation sites (tertiary alicyclic amines) is 1. The number of nitrogens with zero attached hydrogens (tertiary/aromatic N) is 3. The second kappa shape index (κ2) is 7.45. The molecule has 6 nitrogen and oxygen atoms in total. The second-order valence-electron chi connectivity index (χ2n) is 8.78. The number of rotatable bonds is 5. The normalized spacial score (nSPS) is 21.7. The fourth-order valence-electron chi connectivity index (χ4n) is 4.92. The Balaban J connectivity index is 1.26. The van der Waals surface area contributed by atoms with E-state index in [1.54, 1.807) is 11.3 Å². The molecule has 32 heavy (non-hydrogen) atoms. The summed E-state index contributed by atoms with van der Waals surface area (Å²) in [5.41, 5.74) is 4.42. The molecule has 0 unspecified atom stereocenters. The molecular formula is C25H24N4O2S. The smallest absolute Gasteiger partial charge is 0.295 e. The van der Waals surface area contributed by atoms with E-state index in [1.165, 1.54) is 6.42 Å². The van der Waals surface area contributed by atoms with Crippen LogP contribution in [0.3, 0.4) is 0 Å². The Hall–Kier alpha value is -3.19. The van der Waals surface area contributed by atoms with Crippen molar-refractivity contribution in [3.05, 3.63) is 64.8 Å². The van der Waals surface area contributed by atoms with E-state index in [2.05, 4.69) is 34.3 Å². The minimum atomic E-state index is 0.0316. The van der Waals surface area contributed by atoms with Gasteiger partial charge in [0.2, 0.25) is 0 Å². The van der Waals surface area contributed by atoms with Crippen LogP contribution in [0.1, 0.15) is 27.5 Å². The number of carbonyl (C=O) groups excluding carboxylic acids is 1. The number of fused-ring (bicyclic) bond motifs is 2. The Kier molecular flexibility index (Phi) is 4.54. The van der Waals surface area contributed by atoms with E-state index in [1.807, 2.05) is 48.2 Å². The average molecular weight is 445 g/mol. The number of anilines is 1. The van der Waals surface area contributed by atoms with Crippen LogP contribution in [-0.4, -0.2) is 39.9 Å². The summed E-state index contributed by atoms with van der Waals surface area (Å²) in [5.74, 6) is 1.16. The van der Waals surface area contributed by atoms with Gasteiger partial charge in [-0.3, -0.25) is 4.79 Å². The van der Waals surface area contributed by atoms with Crippen LogP contribution in [0.2, 0.25) is 0 Å². The molecule has 0 bridgehead atoms. The number of oxazole rings is 1. The summed E-state index contributed by atoms with van der Waals surface area (Å²) in [7, 11) is 0. The third-order valence-electron chi connectivity index (χ3n) is 6.65. The molecule has 4 aromatic rings. The van der Waals surface area contributed by atoms with E-state index in [-0.39, 0.29) is 11.9 Å². The molecule has 0 spiro atoms. The Morgan fingerprint density at radius 2 is 1.97 bits per heavy atom. The number of hydrogen-bond donors (Lipinski definition) is 1. The fraction of sp³-hybridized carbons (Fsp3) is 0.320. The van der Waals surface area contributed by atoms with Crippen molar-refractivity contribution in [1.29, 1.82) is 0 Å². The van der Waals surface area contributed by atoms with Gasteiger partial charge in [-0.2, -0.15) is 4.98 Å². The fourth-order valence-corrected chi connectivity index (χ4v) is 5.93. The van der Waals surface area contributed by atoms with Gasteiger partial charge in [-0.05, 0) is 55.4 Å². The van der Waals surface area contributed by atoms with Crippen molar-refractivity contribution in [2.24, 2.45) is 11.8 Å². The van der Waals surface area contributed by atoms with Crippen molar-refractivity contribution < 1.29 is 9.21 Å². The van der Waals surface area contributed by atoms with Crippen LogP contribution in [-0.2, 0) is 0 Å². The van der Waals surface area contributed by atoms with Crippen molar-refractivity contribution in [3.63, 3.8) is 0 Å². The maximum Gasteiger partial charge on any atom is 0.295 e. The Labute approximate surface area is 190 Å². The quantitative estimate of drug-likeness (QED) is 0.461. The monoisotopic (exact) mass is 444 g/mol. The lowest BCUT2D eigenvalue weighted by Gasteiger charge is -2.27. The molecule has 3 heterocycles. The minimum absolute atomic E-state index is 0.0316. The van der Waals surface area contributed by atoms with E-state index in [0.717, 1.165) is 38.7 Å². The predicted octanol–water partition coefficient (Wildman–Crippen LogP) is 5.14. The maximum absolute atomic E-state index is 13.7. The summed E-state index contributed by atoms with van der Waals surface area (Å²) in [6, 6.07) is 16.6. The first-order valence-electron chi connectivity index (χ1n) is 11.0. The van der Waals surface area contributed by atoms with Crippen molar-refractivity contribution in [2.45, 2.75) is 26.3 Å². The minimum Gasteiger partial charge on any atom is -0.424 e. The average Bonchev–Trinajstić information content (AvgIpc) is 3.11. The van der Waals surface area contributed by atoms with Gasteiger partial charge in [0, 0.05) is 13.1 Å². The second-order valence-corrected chi connectivity index (χ2v) is 9.98. The topological polar surface area (TPSA) is 71.3 Å². The van der Waals surface area contributed by atoms with Gasteiger partial charge in [0.15, 0.2) is 5.58 Å². The van der Waals surface area contributed by atoms with Gasteiger partial charge in [0.1, 0.15) is 11.2 Å². The third kappa shape index (κ3) is 3.28. The summed E-state index contributed by atoms with van der Waals surface area (Å²) in [6.07, 6.45) is 1.18.